The highest BCUT2D eigenvalue weighted by atomic mass is 79.9. The fourth-order valence-corrected chi connectivity index (χ4v) is 2.95. The summed E-state index contributed by atoms with van der Waals surface area (Å²) in [6.45, 7) is 11.5. The van der Waals surface area contributed by atoms with Gasteiger partial charge in [0.25, 0.3) is 5.91 Å². The lowest BCUT2D eigenvalue weighted by Crippen LogP contribution is -2.28. The van der Waals surface area contributed by atoms with Gasteiger partial charge < -0.3 is 5.32 Å². The van der Waals surface area contributed by atoms with Gasteiger partial charge in [0.1, 0.15) is 0 Å². The smallest absolute Gasteiger partial charge is 0.251 e. The van der Waals surface area contributed by atoms with Gasteiger partial charge in [0, 0.05) is 22.2 Å². The lowest BCUT2D eigenvalue weighted by molar-refractivity contribution is -0.113. The van der Waals surface area contributed by atoms with E-state index < -0.39 is 0 Å². The topological polar surface area (TPSA) is 46.2 Å². The molecule has 23 heavy (non-hydrogen) atoms. The maximum Gasteiger partial charge on any atom is 0.251 e. The highest BCUT2D eigenvalue weighted by Crippen LogP contribution is 2.20. The standard InChI is InChI=1S/C19H24BrNO2/c1-11(2)7-13(4)18(15(6)22)10-21-19(23)17-9-16(20)8-12(3)14(17)5/h7-9H,10H2,1-6H3,(H,21,23). The van der Waals surface area contributed by atoms with Crippen LogP contribution < -0.4 is 5.32 Å². The molecule has 0 saturated heterocycles. The number of halogens is 1. The first kappa shape index (κ1) is 19.4. The molecule has 124 valence electrons. The van der Waals surface area contributed by atoms with Gasteiger partial charge in [-0.1, -0.05) is 27.6 Å². The molecule has 0 aliphatic carbocycles. The van der Waals surface area contributed by atoms with Crippen LogP contribution in [0.1, 0.15) is 49.2 Å². The molecule has 1 aromatic carbocycles. The molecular formula is C19H24BrNO2. The van der Waals surface area contributed by atoms with Gasteiger partial charge in [0.15, 0.2) is 5.78 Å². The Morgan fingerprint density at radius 1 is 1.13 bits per heavy atom. The van der Waals surface area contributed by atoms with Crippen LogP contribution in [0.15, 0.2) is 39.4 Å². The average Bonchev–Trinajstić information content (AvgIpc) is 2.41. The van der Waals surface area contributed by atoms with Gasteiger partial charge in [-0.25, -0.2) is 0 Å². The maximum atomic E-state index is 12.5. The Bertz CT molecular complexity index is 696. The SMILES string of the molecule is CC(=O)C(CNC(=O)c1cc(Br)cc(C)c1C)=C(C)C=C(C)C. The number of rotatable bonds is 5. The number of ketones is 1. The number of hydrogen-bond donors (Lipinski definition) is 1. The minimum atomic E-state index is -0.171. The molecule has 0 aromatic heterocycles. The zero-order valence-corrected chi connectivity index (χ0v) is 16.2. The molecule has 0 aliphatic rings. The van der Waals surface area contributed by atoms with Crippen molar-refractivity contribution in [3.05, 3.63) is 56.1 Å². The Balaban J connectivity index is 3.02. The van der Waals surface area contributed by atoms with Gasteiger partial charge in [-0.15, -0.1) is 0 Å². The number of allylic oxidation sites excluding steroid dienone is 3. The summed E-state index contributed by atoms with van der Waals surface area (Å²) in [7, 11) is 0. The van der Waals surface area contributed by atoms with E-state index in [1.807, 2.05) is 46.8 Å². The number of hydrogen-bond acceptors (Lipinski definition) is 2. The van der Waals surface area contributed by atoms with E-state index >= 15 is 0 Å². The molecule has 1 amide bonds. The third-order valence-corrected chi connectivity index (χ3v) is 4.17. The second kappa shape index (κ2) is 8.25. The van der Waals surface area contributed by atoms with Crippen molar-refractivity contribution in [1.82, 2.24) is 5.32 Å². The first-order chi connectivity index (χ1) is 10.6. The largest absolute Gasteiger partial charge is 0.348 e. The van der Waals surface area contributed by atoms with Crippen LogP contribution >= 0.6 is 15.9 Å². The van der Waals surface area contributed by atoms with Crippen molar-refractivity contribution >= 4 is 27.6 Å². The lowest BCUT2D eigenvalue weighted by atomic mass is 10.0. The summed E-state index contributed by atoms with van der Waals surface area (Å²) in [5.41, 5.74) is 5.25. The van der Waals surface area contributed by atoms with Crippen molar-refractivity contribution in [2.24, 2.45) is 0 Å². The van der Waals surface area contributed by atoms with Crippen LogP contribution in [0.25, 0.3) is 0 Å². The zero-order valence-electron chi connectivity index (χ0n) is 14.6. The second-order valence-corrected chi connectivity index (χ2v) is 6.93. The molecule has 0 radical (unpaired) electrons. The van der Waals surface area contributed by atoms with Gasteiger partial charge in [0.05, 0.1) is 0 Å². The lowest BCUT2D eigenvalue weighted by Gasteiger charge is -2.12. The van der Waals surface area contributed by atoms with E-state index in [4.69, 9.17) is 0 Å². The van der Waals surface area contributed by atoms with Gasteiger partial charge in [-0.2, -0.15) is 0 Å². The number of benzene rings is 1. The monoisotopic (exact) mass is 377 g/mol. The summed E-state index contributed by atoms with van der Waals surface area (Å²) in [6, 6.07) is 3.78. The number of aryl methyl sites for hydroxylation is 1. The molecule has 1 N–H and O–H groups in total. The highest BCUT2D eigenvalue weighted by Gasteiger charge is 2.14. The molecule has 0 aliphatic heterocycles. The molecule has 0 bridgehead atoms. The third kappa shape index (κ3) is 5.47. The van der Waals surface area contributed by atoms with E-state index in [-0.39, 0.29) is 18.2 Å². The number of nitrogens with one attached hydrogen (secondary N) is 1. The number of carbonyl (C=O) groups is 2. The summed E-state index contributed by atoms with van der Waals surface area (Å²) in [5.74, 6) is -0.196. The van der Waals surface area contributed by atoms with Crippen molar-refractivity contribution in [3.63, 3.8) is 0 Å². The quantitative estimate of drug-likeness (QED) is 0.598. The van der Waals surface area contributed by atoms with Crippen LogP contribution in [0.4, 0.5) is 0 Å². The number of Topliss-reactive ketones (excluding diaryl/α,β-unsaturated/α-hetero) is 1. The zero-order chi connectivity index (χ0) is 17.7. The Hall–Kier alpha value is -1.68. The van der Waals surface area contributed by atoms with Crippen molar-refractivity contribution in [2.75, 3.05) is 6.54 Å². The molecule has 1 rings (SSSR count). The van der Waals surface area contributed by atoms with E-state index in [0.717, 1.165) is 26.7 Å². The molecule has 4 heteroatoms. The van der Waals surface area contributed by atoms with E-state index in [1.54, 1.807) is 6.07 Å². The van der Waals surface area contributed by atoms with Crippen LogP contribution in [0.2, 0.25) is 0 Å². The Morgan fingerprint density at radius 2 is 1.74 bits per heavy atom. The molecule has 0 saturated carbocycles. The molecular weight excluding hydrogens is 354 g/mol. The van der Waals surface area contributed by atoms with Gasteiger partial charge >= 0.3 is 0 Å². The fraction of sp³-hybridized carbons (Fsp3) is 0.368. The predicted octanol–water partition coefficient (Wildman–Crippen LogP) is 4.67. The Kier molecular flexibility index (Phi) is 6.95. The van der Waals surface area contributed by atoms with Crippen molar-refractivity contribution in [1.29, 1.82) is 0 Å². The molecule has 1 aromatic rings. The minimum absolute atomic E-state index is 0.0255. The minimum Gasteiger partial charge on any atom is -0.348 e. The molecule has 3 nitrogen and oxygen atoms in total. The Labute approximate surface area is 147 Å². The van der Waals surface area contributed by atoms with Crippen molar-refractivity contribution < 1.29 is 9.59 Å². The first-order valence-electron chi connectivity index (χ1n) is 7.54. The van der Waals surface area contributed by atoms with Crippen molar-refractivity contribution in [3.8, 4) is 0 Å². The predicted molar refractivity (Wildman–Crippen MR) is 98.8 cm³/mol. The molecule has 0 spiro atoms. The van der Waals surface area contributed by atoms with Crippen LogP contribution in [0.5, 0.6) is 0 Å². The highest BCUT2D eigenvalue weighted by molar-refractivity contribution is 9.10. The van der Waals surface area contributed by atoms with E-state index in [9.17, 15) is 9.59 Å². The average molecular weight is 378 g/mol. The number of carbonyl (C=O) groups excluding carboxylic acids is 2. The first-order valence-corrected chi connectivity index (χ1v) is 8.33. The van der Waals surface area contributed by atoms with Crippen molar-refractivity contribution in [2.45, 2.75) is 41.5 Å². The molecule has 0 fully saturated rings. The summed E-state index contributed by atoms with van der Waals surface area (Å²) >= 11 is 3.42. The number of amides is 1. The van der Waals surface area contributed by atoms with Gasteiger partial charge in [-0.05, 0) is 70.4 Å². The van der Waals surface area contributed by atoms with Crippen LogP contribution in [-0.4, -0.2) is 18.2 Å². The van der Waals surface area contributed by atoms with E-state index in [2.05, 4.69) is 21.2 Å². The normalized spacial score (nSPS) is 11.6. The van der Waals surface area contributed by atoms with Crippen LogP contribution in [0.3, 0.4) is 0 Å². The van der Waals surface area contributed by atoms with Gasteiger partial charge in [-0.3, -0.25) is 9.59 Å². The fourth-order valence-electron chi connectivity index (χ4n) is 2.38. The molecule has 0 atom stereocenters. The summed E-state index contributed by atoms with van der Waals surface area (Å²) < 4.78 is 0.869. The van der Waals surface area contributed by atoms with Crippen LogP contribution in [-0.2, 0) is 4.79 Å². The molecule has 0 heterocycles. The maximum absolute atomic E-state index is 12.5. The van der Waals surface area contributed by atoms with E-state index in [1.165, 1.54) is 6.92 Å². The summed E-state index contributed by atoms with van der Waals surface area (Å²) in [4.78, 5) is 24.3. The molecule has 0 unspecified atom stereocenters. The third-order valence-electron chi connectivity index (χ3n) is 3.71. The summed E-state index contributed by atoms with van der Waals surface area (Å²) in [5, 5.41) is 2.86. The second-order valence-electron chi connectivity index (χ2n) is 6.02. The van der Waals surface area contributed by atoms with E-state index in [0.29, 0.717) is 11.1 Å². The van der Waals surface area contributed by atoms with Crippen LogP contribution in [0, 0.1) is 13.8 Å². The Morgan fingerprint density at radius 3 is 2.26 bits per heavy atom. The van der Waals surface area contributed by atoms with Gasteiger partial charge in [0.2, 0.25) is 0 Å². The summed E-state index contributed by atoms with van der Waals surface area (Å²) in [6.07, 6.45) is 1.96.